The van der Waals surface area contributed by atoms with Crippen LogP contribution in [0.5, 0.6) is 0 Å². The van der Waals surface area contributed by atoms with Crippen molar-refractivity contribution < 1.29 is 9.32 Å². The SMILES string of the molecule is CC(C)[C@H](CO)Nc1n[nH]c2c1S(=O)CC2. The van der Waals surface area contributed by atoms with Crippen molar-refractivity contribution in [1.82, 2.24) is 10.2 Å². The average molecular weight is 243 g/mol. The summed E-state index contributed by atoms with van der Waals surface area (Å²) in [6, 6.07) is -0.0509. The first-order valence-corrected chi connectivity index (χ1v) is 6.78. The van der Waals surface area contributed by atoms with Gasteiger partial charge in [0, 0.05) is 12.2 Å². The monoisotopic (exact) mass is 243 g/mol. The summed E-state index contributed by atoms with van der Waals surface area (Å²) in [7, 11) is -0.948. The predicted octanol–water partition coefficient (Wildman–Crippen LogP) is 0.502. The smallest absolute Gasteiger partial charge is 0.164 e. The summed E-state index contributed by atoms with van der Waals surface area (Å²) in [6.07, 6.45) is 0.794. The Hall–Kier alpha value is -0.880. The van der Waals surface area contributed by atoms with Crippen LogP contribution in [0, 0.1) is 5.92 Å². The van der Waals surface area contributed by atoms with Crippen LogP contribution in [0.15, 0.2) is 4.90 Å². The number of aryl methyl sites for hydroxylation is 1. The molecule has 1 aromatic heterocycles. The van der Waals surface area contributed by atoms with E-state index in [1.165, 1.54) is 0 Å². The average Bonchev–Trinajstić information content (AvgIpc) is 2.79. The summed E-state index contributed by atoms with van der Waals surface area (Å²) in [5.41, 5.74) is 0.960. The Balaban J connectivity index is 2.19. The van der Waals surface area contributed by atoms with E-state index in [-0.39, 0.29) is 12.6 Å². The summed E-state index contributed by atoms with van der Waals surface area (Å²) >= 11 is 0. The molecule has 0 radical (unpaired) electrons. The fourth-order valence-corrected chi connectivity index (χ4v) is 3.11. The second kappa shape index (κ2) is 4.55. The molecule has 1 aliphatic heterocycles. The maximum atomic E-state index is 11.7. The normalized spacial score (nSPS) is 21.1. The highest BCUT2D eigenvalue weighted by atomic mass is 32.2. The molecular weight excluding hydrogens is 226 g/mol. The van der Waals surface area contributed by atoms with Gasteiger partial charge in [0.2, 0.25) is 0 Å². The molecular formula is C10H17N3O2S. The highest BCUT2D eigenvalue weighted by molar-refractivity contribution is 7.85. The van der Waals surface area contributed by atoms with Gasteiger partial charge >= 0.3 is 0 Å². The minimum absolute atomic E-state index is 0.0476. The number of aromatic amines is 1. The number of aliphatic hydroxyl groups is 1. The largest absolute Gasteiger partial charge is 0.394 e. The third-order valence-electron chi connectivity index (χ3n) is 2.88. The van der Waals surface area contributed by atoms with Gasteiger partial charge in [-0.1, -0.05) is 13.8 Å². The van der Waals surface area contributed by atoms with Crippen LogP contribution in [-0.2, 0) is 17.2 Å². The van der Waals surface area contributed by atoms with Crippen LogP contribution in [0.2, 0.25) is 0 Å². The lowest BCUT2D eigenvalue weighted by molar-refractivity contribution is 0.249. The quantitative estimate of drug-likeness (QED) is 0.719. The molecule has 1 aromatic rings. The first-order chi connectivity index (χ1) is 7.63. The highest BCUT2D eigenvalue weighted by Crippen LogP contribution is 2.28. The number of H-pyrrole nitrogens is 1. The van der Waals surface area contributed by atoms with Crippen molar-refractivity contribution in [2.24, 2.45) is 5.92 Å². The molecule has 90 valence electrons. The van der Waals surface area contributed by atoms with Crippen LogP contribution in [0.3, 0.4) is 0 Å². The summed E-state index contributed by atoms with van der Waals surface area (Å²) < 4.78 is 11.7. The molecule has 0 fully saturated rings. The molecule has 16 heavy (non-hydrogen) atoms. The molecule has 0 spiro atoms. The van der Waals surface area contributed by atoms with Crippen LogP contribution in [0.1, 0.15) is 19.5 Å². The van der Waals surface area contributed by atoms with E-state index in [1.54, 1.807) is 0 Å². The van der Waals surface area contributed by atoms with Crippen molar-refractivity contribution in [3.8, 4) is 0 Å². The third kappa shape index (κ3) is 1.99. The minimum atomic E-state index is -0.948. The molecule has 1 unspecified atom stereocenters. The first kappa shape index (κ1) is 11.6. The molecule has 0 aliphatic carbocycles. The van der Waals surface area contributed by atoms with Crippen LogP contribution in [0.4, 0.5) is 5.82 Å². The first-order valence-electron chi connectivity index (χ1n) is 5.46. The summed E-state index contributed by atoms with van der Waals surface area (Å²) in [4.78, 5) is 0.791. The van der Waals surface area contributed by atoms with E-state index in [9.17, 15) is 9.32 Å². The van der Waals surface area contributed by atoms with E-state index in [0.29, 0.717) is 17.5 Å². The van der Waals surface area contributed by atoms with E-state index < -0.39 is 10.8 Å². The van der Waals surface area contributed by atoms with Gasteiger partial charge in [-0.05, 0) is 5.92 Å². The lowest BCUT2D eigenvalue weighted by Crippen LogP contribution is -2.30. The van der Waals surface area contributed by atoms with Gasteiger partial charge in [-0.2, -0.15) is 5.10 Å². The molecule has 0 amide bonds. The van der Waals surface area contributed by atoms with E-state index in [2.05, 4.69) is 15.5 Å². The fraction of sp³-hybridized carbons (Fsp3) is 0.700. The van der Waals surface area contributed by atoms with Gasteiger partial charge in [0.05, 0.1) is 29.1 Å². The maximum Gasteiger partial charge on any atom is 0.164 e. The molecule has 2 heterocycles. The van der Waals surface area contributed by atoms with Gasteiger partial charge in [0.15, 0.2) is 5.82 Å². The standard InChI is InChI=1S/C10H17N3O2S/c1-6(2)8(5-14)11-10-9-7(12-13-10)3-4-16(9)15/h6,8,14H,3-5H2,1-2H3,(H2,11,12,13)/t8-,16?/m0/s1. The van der Waals surface area contributed by atoms with Gasteiger partial charge in [0.1, 0.15) is 4.90 Å². The third-order valence-corrected chi connectivity index (χ3v) is 4.35. The number of fused-ring (bicyclic) bond motifs is 1. The molecule has 0 aromatic carbocycles. The van der Waals surface area contributed by atoms with Gasteiger partial charge < -0.3 is 10.4 Å². The number of rotatable bonds is 4. The van der Waals surface area contributed by atoms with Crippen molar-refractivity contribution in [3.63, 3.8) is 0 Å². The van der Waals surface area contributed by atoms with Gasteiger partial charge in [-0.25, -0.2) is 0 Å². The molecule has 3 N–H and O–H groups in total. The van der Waals surface area contributed by atoms with Gasteiger partial charge in [-0.15, -0.1) is 0 Å². The molecule has 1 aliphatic rings. The Bertz CT molecular complexity index is 403. The van der Waals surface area contributed by atoms with Crippen molar-refractivity contribution in [2.75, 3.05) is 17.7 Å². The number of nitrogens with one attached hydrogen (secondary N) is 2. The zero-order valence-electron chi connectivity index (χ0n) is 9.49. The second-order valence-corrected chi connectivity index (χ2v) is 5.86. The van der Waals surface area contributed by atoms with E-state index in [4.69, 9.17) is 0 Å². The number of nitrogens with zero attached hydrogens (tertiary/aromatic N) is 1. The van der Waals surface area contributed by atoms with E-state index in [1.807, 2.05) is 13.8 Å². The molecule has 6 heteroatoms. The minimum Gasteiger partial charge on any atom is -0.394 e. The predicted molar refractivity (Wildman–Crippen MR) is 62.9 cm³/mol. The van der Waals surface area contributed by atoms with E-state index in [0.717, 1.165) is 17.0 Å². The Morgan fingerprint density at radius 1 is 1.62 bits per heavy atom. The Morgan fingerprint density at radius 2 is 2.38 bits per heavy atom. The van der Waals surface area contributed by atoms with Crippen molar-refractivity contribution in [1.29, 1.82) is 0 Å². The van der Waals surface area contributed by atoms with E-state index >= 15 is 0 Å². The van der Waals surface area contributed by atoms with Crippen LogP contribution in [0.25, 0.3) is 0 Å². The van der Waals surface area contributed by atoms with Crippen molar-refractivity contribution >= 4 is 16.6 Å². The lowest BCUT2D eigenvalue weighted by atomic mass is 10.1. The van der Waals surface area contributed by atoms with Crippen molar-refractivity contribution in [3.05, 3.63) is 5.69 Å². The van der Waals surface area contributed by atoms with Gasteiger partial charge in [-0.3, -0.25) is 9.31 Å². The van der Waals surface area contributed by atoms with Crippen LogP contribution < -0.4 is 5.32 Å². The summed E-state index contributed by atoms with van der Waals surface area (Å²) in [6.45, 7) is 4.10. The number of aliphatic hydroxyl groups excluding tert-OH is 1. The second-order valence-electron chi connectivity index (χ2n) is 4.36. The molecule has 0 saturated carbocycles. The fourth-order valence-electron chi connectivity index (χ4n) is 1.78. The topological polar surface area (TPSA) is 78.0 Å². The molecule has 0 saturated heterocycles. The summed E-state index contributed by atoms with van der Waals surface area (Å²) in [5, 5.41) is 19.4. The Labute approximate surface area is 97.1 Å². The number of aromatic nitrogens is 2. The zero-order valence-corrected chi connectivity index (χ0v) is 10.3. The zero-order chi connectivity index (χ0) is 11.7. The summed E-state index contributed by atoms with van der Waals surface area (Å²) in [5.74, 6) is 1.61. The molecule has 2 rings (SSSR count). The van der Waals surface area contributed by atoms with Crippen LogP contribution in [-0.4, -0.2) is 37.9 Å². The molecule has 2 atom stereocenters. The van der Waals surface area contributed by atoms with Crippen LogP contribution >= 0.6 is 0 Å². The number of hydrogen-bond donors (Lipinski definition) is 3. The van der Waals surface area contributed by atoms with Crippen molar-refractivity contribution in [2.45, 2.75) is 31.2 Å². The highest BCUT2D eigenvalue weighted by Gasteiger charge is 2.26. The molecule has 0 bridgehead atoms. The lowest BCUT2D eigenvalue weighted by Gasteiger charge is -2.19. The Kier molecular flexibility index (Phi) is 3.30. The Morgan fingerprint density at radius 3 is 3.00 bits per heavy atom. The maximum absolute atomic E-state index is 11.7. The number of anilines is 1. The molecule has 5 nitrogen and oxygen atoms in total. The number of hydrogen-bond acceptors (Lipinski definition) is 4. The van der Waals surface area contributed by atoms with Gasteiger partial charge in [0.25, 0.3) is 0 Å².